The molecule has 1 atom stereocenters. The minimum Gasteiger partial charge on any atom is -0.494 e. The summed E-state index contributed by atoms with van der Waals surface area (Å²) >= 11 is 5.93. The lowest BCUT2D eigenvalue weighted by Crippen LogP contribution is -2.24. The van der Waals surface area contributed by atoms with Crippen molar-refractivity contribution in [3.63, 3.8) is 0 Å². The van der Waals surface area contributed by atoms with Gasteiger partial charge >= 0.3 is 0 Å². The summed E-state index contributed by atoms with van der Waals surface area (Å²) in [5.41, 5.74) is 0.556. The van der Waals surface area contributed by atoms with Gasteiger partial charge in [-0.15, -0.1) is 10.2 Å². The Labute approximate surface area is 229 Å². The van der Waals surface area contributed by atoms with Crippen LogP contribution in [0.25, 0.3) is 17.2 Å². The molecule has 0 radical (unpaired) electrons. The molecule has 208 valence electrons. The molecule has 0 aliphatic rings. The van der Waals surface area contributed by atoms with Crippen LogP contribution < -0.4 is 14.2 Å². The molecule has 0 spiro atoms. The highest BCUT2D eigenvalue weighted by Gasteiger charge is 2.29. The number of sulfone groups is 1. The summed E-state index contributed by atoms with van der Waals surface area (Å²) in [6.45, 7) is 0. The van der Waals surface area contributed by atoms with E-state index in [0.717, 1.165) is 12.3 Å². The number of sulfonamides is 1. The van der Waals surface area contributed by atoms with Crippen molar-refractivity contribution in [1.29, 1.82) is 0 Å². The zero-order chi connectivity index (χ0) is 28.5. The fraction of sp³-hybridized carbons (Fsp3) is 0.261. The van der Waals surface area contributed by atoms with Crippen molar-refractivity contribution < 1.29 is 31.4 Å². The van der Waals surface area contributed by atoms with Crippen molar-refractivity contribution in [2.24, 2.45) is 7.05 Å². The minimum atomic E-state index is -4.35. The Bertz CT molecular complexity index is 1710. The number of ether oxygens (including phenoxy) is 2. The number of para-hydroxylation sites is 1. The van der Waals surface area contributed by atoms with Crippen LogP contribution in [0.15, 0.2) is 53.6 Å². The fourth-order valence-electron chi connectivity index (χ4n) is 3.90. The monoisotopic (exact) mass is 596 g/mol. The van der Waals surface area contributed by atoms with Crippen molar-refractivity contribution in [2.45, 2.75) is 11.0 Å². The molecule has 4 rings (SSSR count). The summed E-state index contributed by atoms with van der Waals surface area (Å²) in [4.78, 5) is -0.280. The molecule has 0 fully saturated rings. The second-order valence-corrected chi connectivity index (χ2v) is 12.6. The van der Waals surface area contributed by atoms with E-state index in [1.165, 1.54) is 30.9 Å². The van der Waals surface area contributed by atoms with Gasteiger partial charge in [-0.25, -0.2) is 16.8 Å². The Balaban J connectivity index is 1.79. The third-order valence-corrected chi connectivity index (χ3v) is 8.23. The summed E-state index contributed by atoms with van der Waals surface area (Å²) in [5, 5.41) is 23.4. The Kier molecular flexibility index (Phi) is 7.88. The Hall–Kier alpha value is -3.66. The molecule has 0 aliphatic carbocycles. The number of nitrogens with one attached hydrogen (secondary N) is 1. The normalized spacial score (nSPS) is 12.8. The maximum Gasteiger partial charge on any atom is 0.243 e. The van der Waals surface area contributed by atoms with Gasteiger partial charge in [0.05, 0.1) is 31.0 Å². The maximum absolute atomic E-state index is 13.2. The van der Waals surface area contributed by atoms with Crippen LogP contribution in [0.4, 0.5) is 5.95 Å². The van der Waals surface area contributed by atoms with Crippen molar-refractivity contribution in [3.8, 4) is 28.7 Å². The molecule has 0 saturated heterocycles. The smallest absolute Gasteiger partial charge is 0.243 e. The molecule has 2 aromatic carbocycles. The molecule has 2 heterocycles. The first-order valence-corrected chi connectivity index (χ1v) is 15.1. The zero-order valence-electron chi connectivity index (χ0n) is 21.2. The molecule has 1 unspecified atom stereocenters. The van der Waals surface area contributed by atoms with E-state index in [1.807, 2.05) is 0 Å². The van der Waals surface area contributed by atoms with Crippen LogP contribution >= 0.6 is 11.6 Å². The number of anilines is 1. The van der Waals surface area contributed by atoms with Crippen molar-refractivity contribution in [1.82, 2.24) is 24.5 Å². The molecule has 0 aliphatic heterocycles. The first-order valence-electron chi connectivity index (χ1n) is 11.2. The zero-order valence-corrected chi connectivity index (χ0v) is 23.6. The highest BCUT2D eigenvalue weighted by Crippen LogP contribution is 2.37. The second-order valence-electron chi connectivity index (χ2n) is 8.42. The molecule has 0 amide bonds. The first kappa shape index (κ1) is 28.4. The lowest BCUT2D eigenvalue weighted by Gasteiger charge is -2.18. The minimum absolute atomic E-state index is 0.116. The van der Waals surface area contributed by atoms with Gasteiger partial charge in [-0.2, -0.15) is 5.10 Å². The Morgan fingerprint density at radius 3 is 2.28 bits per heavy atom. The molecule has 2 aromatic heterocycles. The van der Waals surface area contributed by atoms with E-state index >= 15 is 0 Å². The lowest BCUT2D eigenvalue weighted by molar-refractivity contribution is 0.198. The summed E-state index contributed by atoms with van der Waals surface area (Å²) in [5.74, 6) is -0.318. The van der Waals surface area contributed by atoms with Crippen LogP contribution in [-0.2, 0) is 26.9 Å². The van der Waals surface area contributed by atoms with E-state index in [-0.39, 0.29) is 27.3 Å². The van der Waals surface area contributed by atoms with Gasteiger partial charge in [-0.3, -0.25) is 14.0 Å². The molecule has 4 aromatic rings. The number of rotatable bonds is 10. The maximum atomic E-state index is 13.2. The molecular formula is C23H25ClN6O7S2. The van der Waals surface area contributed by atoms with Crippen LogP contribution in [-0.4, -0.2) is 72.7 Å². The van der Waals surface area contributed by atoms with E-state index < -0.39 is 31.7 Å². The number of aryl methyl sites for hydroxylation is 1. The average Bonchev–Trinajstić information content (AvgIpc) is 3.47. The number of aliphatic hydroxyl groups is 1. The Morgan fingerprint density at radius 1 is 1.05 bits per heavy atom. The quantitative estimate of drug-likeness (QED) is 0.277. The SMILES string of the molecule is COc1cccc(OC)c1-n1c(NS(=O)(=O)CC(O)c2ccc(Cl)cc2S(C)(=O)=O)nnc1-c1ccn(C)n1. The standard InChI is InChI=1S/C23H25ClN6O7S2/c1-29-11-10-16(27-29)22-25-26-23(30(22)21-18(36-2)6-5-7-19(21)37-3)28-39(34,35)13-17(31)15-9-8-14(24)12-20(15)38(4,32)33/h5-12,17,31H,13H2,1-4H3,(H,26,28). The van der Waals surface area contributed by atoms with Gasteiger partial charge in [0.15, 0.2) is 15.7 Å². The summed E-state index contributed by atoms with van der Waals surface area (Å²) in [6, 6.07) is 10.4. The number of halogens is 1. The average molecular weight is 597 g/mol. The molecule has 13 nitrogen and oxygen atoms in total. The first-order chi connectivity index (χ1) is 18.3. The molecule has 0 bridgehead atoms. The third-order valence-electron chi connectivity index (χ3n) is 5.59. The number of aromatic nitrogens is 5. The van der Waals surface area contributed by atoms with Gasteiger partial charge in [0.2, 0.25) is 16.0 Å². The highest BCUT2D eigenvalue weighted by molar-refractivity contribution is 7.92. The second kappa shape index (κ2) is 10.8. The molecular weight excluding hydrogens is 572 g/mol. The topological polar surface area (TPSA) is 168 Å². The highest BCUT2D eigenvalue weighted by atomic mass is 35.5. The predicted molar refractivity (Wildman–Crippen MR) is 144 cm³/mol. The Morgan fingerprint density at radius 2 is 1.72 bits per heavy atom. The molecule has 2 N–H and O–H groups in total. The number of benzene rings is 2. The third kappa shape index (κ3) is 6.00. The predicted octanol–water partition coefficient (Wildman–Crippen LogP) is 2.22. The summed E-state index contributed by atoms with van der Waals surface area (Å²) < 4.78 is 67.2. The summed E-state index contributed by atoms with van der Waals surface area (Å²) in [6.07, 6.45) is 0.903. The van der Waals surface area contributed by atoms with Gasteiger partial charge in [0.1, 0.15) is 22.9 Å². The van der Waals surface area contributed by atoms with Crippen LogP contribution in [0.1, 0.15) is 11.7 Å². The summed E-state index contributed by atoms with van der Waals surface area (Å²) in [7, 11) is -3.58. The van der Waals surface area contributed by atoms with Crippen LogP contribution in [0, 0.1) is 0 Å². The van der Waals surface area contributed by atoms with Crippen molar-refractivity contribution >= 4 is 37.4 Å². The largest absolute Gasteiger partial charge is 0.494 e. The molecule has 39 heavy (non-hydrogen) atoms. The van der Waals surface area contributed by atoms with E-state index in [1.54, 1.807) is 42.2 Å². The van der Waals surface area contributed by atoms with Crippen LogP contribution in [0.3, 0.4) is 0 Å². The van der Waals surface area contributed by atoms with Crippen LogP contribution in [0.5, 0.6) is 11.5 Å². The van der Waals surface area contributed by atoms with E-state index in [2.05, 4.69) is 20.0 Å². The van der Waals surface area contributed by atoms with E-state index in [0.29, 0.717) is 22.9 Å². The van der Waals surface area contributed by atoms with Gasteiger partial charge < -0.3 is 14.6 Å². The van der Waals surface area contributed by atoms with E-state index in [4.69, 9.17) is 21.1 Å². The lowest BCUT2D eigenvalue weighted by atomic mass is 10.1. The molecule has 16 heteroatoms. The van der Waals surface area contributed by atoms with Crippen molar-refractivity contribution in [2.75, 3.05) is 31.0 Å². The number of nitrogens with zero attached hydrogens (tertiary/aromatic N) is 5. The van der Waals surface area contributed by atoms with Crippen molar-refractivity contribution in [3.05, 3.63) is 59.2 Å². The molecule has 0 saturated carbocycles. The van der Waals surface area contributed by atoms with Gasteiger partial charge in [0, 0.05) is 30.1 Å². The van der Waals surface area contributed by atoms with Crippen LogP contribution in [0.2, 0.25) is 5.02 Å². The van der Waals surface area contributed by atoms with Gasteiger partial charge in [-0.1, -0.05) is 23.7 Å². The van der Waals surface area contributed by atoms with Gasteiger partial charge in [-0.05, 0) is 30.3 Å². The van der Waals surface area contributed by atoms with E-state index in [9.17, 15) is 21.9 Å². The fourth-order valence-corrected chi connectivity index (χ4v) is 6.20. The number of methoxy groups -OCH3 is 2. The number of hydrogen-bond donors (Lipinski definition) is 2. The van der Waals surface area contributed by atoms with Gasteiger partial charge in [0.25, 0.3) is 0 Å². The number of aliphatic hydroxyl groups excluding tert-OH is 1. The number of hydrogen-bond acceptors (Lipinski definition) is 10.